The van der Waals surface area contributed by atoms with E-state index in [0.29, 0.717) is 25.7 Å². The molecule has 1 N–H and O–H groups in total. The van der Waals surface area contributed by atoms with Crippen LogP contribution >= 0.6 is 0 Å². The third kappa shape index (κ3) is 11.1. The van der Waals surface area contributed by atoms with Gasteiger partial charge in [-0.25, -0.2) is 8.42 Å². The quantitative estimate of drug-likeness (QED) is 0.438. The van der Waals surface area contributed by atoms with E-state index in [0.717, 1.165) is 12.8 Å². The average Bonchev–Trinajstić information content (AvgIpc) is 2.19. The maximum Gasteiger partial charge on any atom is 1.00 e. The molecule has 0 saturated carbocycles. The Morgan fingerprint density at radius 3 is 2.06 bits per heavy atom. The van der Waals surface area contributed by atoms with Crippen LogP contribution in [0.4, 0.5) is 0 Å². The summed E-state index contributed by atoms with van der Waals surface area (Å²) in [6, 6.07) is 0. The van der Waals surface area contributed by atoms with Crippen molar-refractivity contribution >= 4 is 10.1 Å². The Morgan fingerprint density at radius 1 is 1.06 bits per heavy atom. The summed E-state index contributed by atoms with van der Waals surface area (Å²) in [6.07, 6.45) is 3.93. The first-order valence-corrected chi connectivity index (χ1v) is 7.51. The maximum atomic E-state index is 10.9. The predicted molar refractivity (Wildman–Crippen MR) is 63.2 cm³/mol. The molecule has 0 fully saturated rings. The summed E-state index contributed by atoms with van der Waals surface area (Å²) < 4.78 is 32.7. The van der Waals surface area contributed by atoms with Crippen molar-refractivity contribution in [2.45, 2.75) is 70.1 Å². The zero-order valence-electron chi connectivity index (χ0n) is 11.2. The molecule has 0 saturated heterocycles. The van der Waals surface area contributed by atoms with E-state index in [9.17, 15) is 18.1 Å². The predicted octanol–water partition coefficient (Wildman–Crippen LogP) is -0.964. The monoisotopic (exact) mass is 290 g/mol. The van der Waals surface area contributed by atoms with E-state index in [4.69, 9.17) is 0 Å². The van der Waals surface area contributed by atoms with Crippen molar-refractivity contribution in [3.05, 3.63) is 0 Å². The van der Waals surface area contributed by atoms with Crippen LogP contribution in [-0.4, -0.2) is 29.4 Å². The van der Waals surface area contributed by atoms with Crippen LogP contribution in [0.1, 0.15) is 58.8 Å². The Labute approximate surface area is 148 Å². The largest absolute Gasteiger partial charge is 1.00 e. The molecule has 6 heteroatoms. The fourth-order valence-corrected chi connectivity index (χ4v) is 2.67. The van der Waals surface area contributed by atoms with Crippen molar-refractivity contribution in [3.63, 3.8) is 0 Å². The van der Waals surface area contributed by atoms with Crippen molar-refractivity contribution in [1.29, 1.82) is 0 Å². The molecule has 98 valence electrons. The Kier molecular flexibility index (Phi) is 13.9. The van der Waals surface area contributed by atoms with Gasteiger partial charge in [-0.15, -0.1) is 0 Å². The summed E-state index contributed by atoms with van der Waals surface area (Å²) in [5, 5.41) is 8.74. The van der Waals surface area contributed by atoms with Crippen molar-refractivity contribution < 1.29 is 69.5 Å². The molecule has 0 rings (SSSR count). The van der Waals surface area contributed by atoms with E-state index in [1.807, 2.05) is 13.8 Å². The van der Waals surface area contributed by atoms with Crippen LogP contribution < -0.4 is 51.4 Å². The van der Waals surface area contributed by atoms with Gasteiger partial charge >= 0.3 is 51.4 Å². The van der Waals surface area contributed by atoms with Gasteiger partial charge in [0.1, 0.15) is 0 Å². The number of rotatable bonds is 9. The molecule has 17 heavy (non-hydrogen) atoms. The summed E-state index contributed by atoms with van der Waals surface area (Å²) in [5.74, 6) is 0. The molecular formula is C11H23KO4S. The Bertz CT molecular complexity index is 267. The summed E-state index contributed by atoms with van der Waals surface area (Å²) in [6.45, 7) is 3.89. The Hall–Kier alpha value is 1.51. The molecule has 0 aliphatic heterocycles. The van der Waals surface area contributed by atoms with Gasteiger partial charge in [-0.1, -0.05) is 33.1 Å². The average molecular weight is 290 g/mol. The second-order valence-electron chi connectivity index (χ2n) is 4.28. The van der Waals surface area contributed by atoms with Crippen LogP contribution in [0.15, 0.2) is 0 Å². The molecular weight excluding hydrogens is 267 g/mol. The van der Waals surface area contributed by atoms with E-state index in [1.54, 1.807) is 0 Å². The smallest absolute Gasteiger partial charge is 0.748 e. The standard InChI is InChI=1S/C11H24O4S.K/c1-3-5-7-10(12)8-9-11(6-4-2)16(13,14)15;/h10-12H,3-9H2,1-2H3,(H,13,14,15);/q;+1/p-1. The van der Waals surface area contributed by atoms with Gasteiger partial charge in [-0.05, 0) is 25.7 Å². The molecule has 0 aromatic rings. The number of hydrogen-bond acceptors (Lipinski definition) is 4. The molecule has 0 aromatic heterocycles. The normalized spacial score (nSPS) is 15.1. The van der Waals surface area contributed by atoms with Gasteiger partial charge in [0.25, 0.3) is 0 Å². The van der Waals surface area contributed by atoms with Crippen molar-refractivity contribution in [2.24, 2.45) is 0 Å². The van der Waals surface area contributed by atoms with Gasteiger partial charge in [0.2, 0.25) is 0 Å². The van der Waals surface area contributed by atoms with Gasteiger partial charge in [0.05, 0.1) is 16.2 Å². The number of aliphatic hydroxyl groups excluding tert-OH is 1. The molecule has 0 amide bonds. The third-order valence-electron chi connectivity index (χ3n) is 2.73. The Morgan fingerprint density at radius 2 is 1.65 bits per heavy atom. The summed E-state index contributed by atoms with van der Waals surface area (Å²) in [7, 11) is -4.20. The minimum absolute atomic E-state index is 0. The molecule has 0 spiro atoms. The third-order valence-corrected chi connectivity index (χ3v) is 4.02. The second kappa shape index (κ2) is 11.3. The van der Waals surface area contributed by atoms with Crippen LogP contribution in [0.5, 0.6) is 0 Å². The van der Waals surface area contributed by atoms with Gasteiger partial charge < -0.3 is 9.66 Å². The number of hydrogen-bond donors (Lipinski definition) is 1. The van der Waals surface area contributed by atoms with Crippen LogP contribution in [-0.2, 0) is 10.1 Å². The van der Waals surface area contributed by atoms with Crippen LogP contribution in [0, 0.1) is 0 Å². The van der Waals surface area contributed by atoms with Gasteiger partial charge in [0, 0.05) is 5.25 Å². The van der Waals surface area contributed by atoms with Gasteiger partial charge in [0.15, 0.2) is 0 Å². The molecule has 4 nitrogen and oxygen atoms in total. The fourth-order valence-electron chi connectivity index (χ4n) is 1.72. The SMILES string of the molecule is CCCCC(O)CCC(CCC)S(=O)(=O)[O-].[K+]. The number of unbranched alkanes of at least 4 members (excludes halogenated alkanes) is 1. The first-order chi connectivity index (χ1) is 7.41. The summed E-state index contributed by atoms with van der Waals surface area (Å²) in [4.78, 5) is 0. The minimum Gasteiger partial charge on any atom is -0.748 e. The molecule has 2 unspecified atom stereocenters. The van der Waals surface area contributed by atoms with Crippen LogP contribution in [0.25, 0.3) is 0 Å². The van der Waals surface area contributed by atoms with E-state index in [1.165, 1.54) is 0 Å². The van der Waals surface area contributed by atoms with Crippen LogP contribution in [0.3, 0.4) is 0 Å². The molecule has 0 aliphatic carbocycles. The number of aliphatic hydroxyl groups is 1. The minimum atomic E-state index is -4.20. The zero-order valence-corrected chi connectivity index (χ0v) is 15.1. The topological polar surface area (TPSA) is 77.4 Å². The van der Waals surface area contributed by atoms with Gasteiger partial charge in [-0.3, -0.25) is 0 Å². The van der Waals surface area contributed by atoms with Gasteiger partial charge in [-0.2, -0.15) is 0 Å². The van der Waals surface area contributed by atoms with E-state index in [2.05, 4.69) is 0 Å². The Balaban J connectivity index is 0. The van der Waals surface area contributed by atoms with Crippen molar-refractivity contribution in [3.8, 4) is 0 Å². The zero-order chi connectivity index (χ0) is 12.6. The van der Waals surface area contributed by atoms with Crippen LogP contribution in [0.2, 0.25) is 0 Å². The fraction of sp³-hybridized carbons (Fsp3) is 1.00. The van der Waals surface area contributed by atoms with Crippen molar-refractivity contribution in [2.75, 3.05) is 0 Å². The van der Waals surface area contributed by atoms with Crippen molar-refractivity contribution in [1.82, 2.24) is 0 Å². The molecule has 0 radical (unpaired) electrons. The summed E-state index contributed by atoms with van der Waals surface area (Å²) in [5.41, 5.74) is 0. The molecule has 0 bridgehead atoms. The first-order valence-electron chi connectivity index (χ1n) is 6.04. The van der Waals surface area contributed by atoms with E-state index >= 15 is 0 Å². The first kappa shape index (κ1) is 20.8. The molecule has 0 aromatic carbocycles. The molecule has 0 aliphatic rings. The van der Waals surface area contributed by atoms with E-state index < -0.39 is 21.5 Å². The summed E-state index contributed by atoms with van der Waals surface area (Å²) >= 11 is 0. The molecule has 2 atom stereocenters. The second-order valence-corrected chi connectivity index (χ2v) is 5.93. The van der Waals surface area contributed by atoms with E-state index in [-0.39, 0.29) is 57.8 Å². The maximum absolute atomic E-state index is 10.9. The molecule has 0 heterocycles.